The molecule has 5 unspecified atom stereocenters. The maximum atomic E-state index is 13.2. The summed E-state index contributed by atoms with van der Waals surface area (Å²) in [6.07, 6.45) is -1.30. The zero-order chi connectivity index (χ0) is 27.7. The van der Waals surface area contributed by atoms with E-state index in [1.807, 2.05) is 0 Å². The highest BCUT2D eigenvalue weighted by atomic mass is 16.4. The van der Waals surface area contributed by atoms with Gasteiger partial charge >= 0.3 is 5.97 Å². The topological polar surface area (TPSA) is 211 Å². The van der Waals surface area contributed by atoms with Crippen LogP contribution in [0.4, 0.5) is 0 Å². The van der Waals surface area contributed by atoms with Gasteiger partial charge in [0.2, 0.25) is 17.7 Å². The number of hydrogen-bond donors (Lipinski definition) is 8. The standard InChI is InChI=1S/C25H32N4O8/c1-13(25(36)37)27-24(35)21(14(2)30)29-23(34)20(12-16-5-9-18(32)10-6-16)28-22(33)19(26)11-15-3-7-17(31)8-4-15/h3-10,13-14,19-21,30-32H,11-12,26H2,1-2H3,(H,27,35)(H,28,33)(H,29,34)(H,36,37). The molecule has 12 heteroatoms. The molecule has 37 heavy (non-hydrogen) atoms. The number of carboxylic acids is 1. The van der Waals surface area contributed by atoms with Crippen molar-refractivity contribution in [3.8, 4) is 11.5 Å². The van der Waals surface area contributed by atoms with Crippen molar-refractivity contribution in [2.24, 2.45) is 5.73 Å². The van der Waals surface area contributed by atoms with E-state index in [9.17, 15) is 34.5 Å². The molecule has 2 aromatic carbocycles. The van der Waals surface area contributed by atoms with Crippen LogP contribution in [-0.4, -0.2) is 74.4 Å². The number of nitrogens with two attached hydrogens (primary N) is 1. The minimum Gasteiger partial charge on any atom is -0.508 e. The molecule has 0 bridgehead atoms. The first-order valence-corrected chi connectivity index (χ1v) is 11.5. The molecule has 0 heterocycles. The molecule has 2 aromatic rings. The fourth-order valence-electron chi connectivity index (χ4n) is 3.36. The van der Waals surface area contributed by atoms with Gasteiger partial charge in [0, 0.05) is 6.42 Å². The second-order valence-electron chi connectivity index (χ2n) is 8.70. The molecule has 0 aliphatic heterocycles. The van der Waals surface area contributed by atoms with Gasteiger partial charge in [-0.05, 0) is 55.7 Å². The average Bonchev–Trinajstić information content (AvgIpc) is 2.84. The molecule has 12 nitrogen and oxygen atoms in total. The van der Waals surface area contributed by atoms with Crippen LogP contribution in [0.15, 0.2) is 48.5 Å². The highest BCUT2D eigenvalue weighted by molar-refractivity contribution is 5.94. The summed E-state index contributed by atoms with van der Waals surface area (Å²) < 4.78 is 0. The summed E-state index contributed by atoms with van der Waals surface area (Å²) >= 11 is 0. The number of aromatic hydroxyl groups is 2. The Bertz CT molecular complexity index is 1090. The van der Waals surface area contributed by atoms with E-state index in [1.165, 1.54) is 38.1 Å². The first kappa shape index (κ1) is 29.1. The number of hydrogen-bond acceptors (Lipinski definition) is 8. The Morgan fingerprint density at radius 3 is 1.70 bits per heavy atom. The SMILES string of the molecule is CC(NC(=O)C(NC(=O)C(Cc1ccc(O)cc1)NC(=O)C(N)Cc1ccc(O)cc1)C(C)O)C(=O)O. The van der Waals surface area contributed by atoms with Gasteiger partial charge in [0.15, 0.2) is 0 Å². The van der Waals surface area contributed by atoms with E-state index in [4.69, 9.17) is 10.8 Å². The summed E-state index contributed by atoms with van der Waals surface area (Å²) in [5.74, 6) is -3.64. The zero-order valence-electron chi connectivity index (χ0n) is 20.4. The molecule has 0 aromatic heterocycles. The van der Waals surface area contributed by atoms with Crippen molar-refractivity contribution in [1.82, 2.24) is 16.0 Å². The number of aliphatic hydroxyl groups is 1. The summed E-state index contributed by atoms with van der Waals surface area (Å²) in [6, 6.07) is 6.97. The third-order valence-electron chi connectivity index (χ3n) is 5.53. The van der Waals surface area contributed by atoms with Gasteiger partial charge in [-0.15, -0.1) is 0 Å². The van der Waals surface area contributed by atoms with Crippen LogP contribution in [0.3, 0.4) is 0 Å². The molecule has 9 N–H and O–H groups in total. The molecule has 5 atom stereocenters. The van der Waals surface area contributed by atoms with Crippen molar-refractivity contribution in [1.29, 1.82) is 0 Å². The monoisotopic (exact) mass is 516 g/mol. The van der Waals surface area contributed by atoms with Crippen LogP contribution in [-0.2, 0) is 32.0 Å². The van der Waals surface area contributed by atoms with E-state index < -0.39 is 54.0 Å². The zero-order valence-corrected chi connectivity index (χ0v) is 20.4. The van der Waals surface area contributed by atoms with Crippen LogP contribution >= 0.6 is 0 Å². The first-order chi connectivity index (χ1) is 17.4. The van der Waals surface area contributed by atoms with E-state index in [-0.39, 0.29) is 24.3 Å². The van der Waals surface area contributed by atoms with Crippen LogP contribution in [0.1, 0.15) is 25.0 Å². The Morgan fingerprint density at radius 2 is 1.24 bits per heavy atom. The lowest BCUT2D eigenvalue weighted by atomic mass is 10.0. The largest absolute Gasteiger partial charge is 0.508 e. The lowest BCUT2D eigenvalue weighted by molar-refractivity contribution is -0.142. The minimum absolute atomic E-state index is 0.00287. The van der Waals surface area contributed by atoms with Gasteiger partial charge < -0.3 is 42.1 Å². The van der Waals surface area contributed by atoms with Crippen molar-refractivity contribution in [3.63, 3.8) is 0 Å². The maximum Gasteiger partial charge on any atom is 0.325 e. The molecule has 0 aliphatic carbocycles. The van der Waals surface area contributed by atoms with E-state index >= 15 is 0 Å². The Balaban J connectivity index is 2.19. The number of phenolic OH excluding ortho intramolecular Hbond substituents is 2. The number of nitrogens with one attached hydrogen (secondary N) is 3. The van der Waals surface area contributed by atoms with Gasteiger partial charge in [0.1, 0.15) is 29.6 Å². The van der Waals surface area contributed by atoms with Gasteiger partial charge in [0.25, 0.3) is 0 Å². The van der Waals surface area contributed by atoms with E-state index in [2.05, 4.69) is 16.0 Å². The molecule has 0 radical (unpaired) electrons. The molecule has 0 saturated carbocycles. The third-order valence-corrected chi connectivity index (χ3v) is 5.53. The predicted molar refractivity (Wildman–Crippen MR) is 132 cm³/mol. The minimum atomic E-state index is -1.50. The number of carboxylic acid groups (broad SMARTS) is 1. The predicted octanol–water partition coefficient (Wildman–Crippen LogP) is -0.850. The normalized spacial score (nSPS) is 14.9. The molecule has 2 rings (SSSR count). The van der Waals surface area contributed by atoms with Crippen molar-refractivity contribution in [3.05, 3.63) is 59.7 Å². The number of rotatable bonds is 12. The van der Waals surface area contributed by atoms with Crippen molar-refractivity contribution in [2.45, 2.75) is 57.0 Å². The number of carbonyl (C=O) groups is 4. The maximum absolute atomic E-state index is 13.2. The van der Waals surface area contributed by atoms with Crippen LogP contribution in [0.5, 0.6) is 11.5 Å². The van der Waals surface area contributed by atoms with Gasteiger partial charge in [-0.2, -0.15) is 0 Å². The Kier molecular flexibility index (Phi) is 10.4. The fourth-order valence-corrected chi connectivity index (χ4v) is 3.36. The van der Waals surface area contributed by atoms with Crippen molar-refractivity contribution in [2.75, 3.05) is 0 Å². The number of carbonyl (C=O) groups excluding carboxylic acids is 3. The smallest absolute Gasteiger partial charge is 0.325 e. The Morgan fingerprint density at radius 1 is 0.757 bits per heavy atom. The highest BCUT2D eigenvalue weighted by Gasteiger charge is 2.32. The number of amides is 3. The number of aliphatic carboxylic acids is 1. The lowest BCUT2D eigenvalue weighted by Gasteiger charge is -2.26. The first-order valence-electron chi connectivity index (χ1n) is 11.5. The van der Waals surface area contributed by atoms with Crippen LogP contribution in [0.25, 0.3) is 0 Å². The van der Waals surface area contributed by atoms with Gasteiger partial charge in [-0.1, -0.05) is 24.3 Å². The van der Waals surface area contributed by atoms with Gasteiger partial charge in [-0.25, -0.2) is 0 Å². The molecule has 200 valence electrons. The van der Waals surface area contributed by atoms with E-state index in [0.29, 0.717) is 11.1 Å². The number of benzene rings is 2. The number of phenols is 2. The number of aliphatic hydroxyl groups excluding tert-OH is 1. The lowest BCUT2D eigenvalue weighted by Crippen LogP contribution is -2.60. The van der Waals surface area contributed by atoms with Crippen molar-refractivity contribution >= 4 is 23.7 Å². The summed E-state index contributed by atoms with van der Waals surface area (Å²) in [6.45, 7) is 2.47. The molecular formula is C25H32N4O8. The summed E-state index contributed by atoms with van der Waals surface area (Å²) in [4.78, 5) is 49.6. The molecule has 3 amide bonds. The highest BCUT2D eigenvalue weighted by Crippen LogP contribution is 2.13. The van der Waals surface area contributed by atoms with Crippen LogP contribution in [0.2, 0.25) is 0 Å². The second kappa shape index (κ2) is 13.2. The Hall–Kier alpha value is -4.16. The summed E-state index contributed by atoms with van der Waals surface area (Å²) in [5.41, 5.74) is 7.28. The van der Waals surface area contributed by atoms with Gasteiger partial charge in [0.05, 0.1) is 12.1 Å². The van der Waals surface area contributed by atoms with E-state index in [0.717, 1.165) is 0 Å². The Labute approximate surface area is 213 Å². The fraction of sp³-hybridized carbons (Fsp3) is 0.360. The summed E-state index contributed by atoms with van der Waals surface area (Å²) in [5, 5.41) is 45.1. The van der Waals surface area contributed by atoms with Crippen LogP contribution < -0.4 is 21.7 Å². The quantitative estimate of drug-likeness (QED) is 0.176. The molecular weight excluding hydrogens is 484 g/mol. The molecule has 0 spiro atoms. The molecule has 0 aliphatic rings. The van der Waals surface area contributed by atoms with Crippen molar-refractivity contribution < 1.29 is 39.6 Å². The van der Waals surface area contributed by atoms with Crippen LogP contribution in [0, 0.1) is 0 Å². The average molecular weight is 517 g/mol. The second-order valence-corrected chi connectivity index (χ2v) is 8.70. The van der Waals surface area contributed by atoms with Gasteiger partial charge in [-0.3, -0.25) is 19.2 Å². The summed E-state index contributed by atoms with van der Waals surface area (Å²) in [7, 11) is 0. The van der Waals surface area contributed by atoms with E-state index in [1.54, 1.807) is 24.3 Å². The third kappa shape index (κ3) is 9.09. The molecule has 0 saturated heterocycles. The molecule has 0 fully saturated rings.